The third-order valence-electron chi connectivity index (χ3n) is 7.72. The van der Waals surface area contributed by atoms with E-state index in [1.54, 1.807) is 14.2 Å². The Morgan fingerprint density at radius 3 is 2.22 bits per heavy atom. The summed E-state index contributed by atoms with van der Waals surface area (Å²) in [5.74, 6) is 2.42. The lowest BCUT2D eigenvalue weighted by molar-refractivity contribution is 0.248. The summed E-state index contributed by atoms with van der Waals surface area (Å²) in [6.45, 7) is 5.88. The number of aryl methyl sites for hydroxylation is 1. The monoisotopic (exact) mass is 482 g/mol. The van der Waals surface area contributed by atoms with E-state index in [0.29, 0.717) is 0 Å². The molecule has 0 atom stereocenters. The Morgan fingerprint density at radius 2 is 1.53 bits per heavy atom. The number of piperazine rings is 1. The number of methoxy groups -OCH3 is 2. The number of nitrogens with zero attached hydrogens (tertiary/aromatic N) is 4. The lowest BCUT2D eigenvalue weighted by Crippen LogP contribution is -2.47. The molecular formula is C30H34N4O2. The van der Waals surface area contributed by atoms with Gasteiger partial charge in [0.15, 0.2) is 11.5 Å². The first-order valence-corrected chi connectivity index (χ1v) is 12.9. The highest BCUT2D eigenvalue weighted by atomic mass is 16.5. The van der Waals surface area contributed by atoms with Gasteiger partial charge < -0.3 is 18.9 Å². The van der Waals surface area contributed by atoms with E-state index in [-0.39, 0.29) is 0 Å². The molecule has 2 aliphatic rings. The van der Waals surface area contributed by atoms with Crippen LogP contribution in [-0.2, 0) is 7.05 Å². The Balaban J connectivity index is 1.22. The number of aromatic nitrogens is 2. The smallest absolute Gasteiger partial charge is 0.161 e. The van der Waals surface area contributed by atoms with Crippen LogP contribution in [0.2, 0.25) is 0 Å². The van der Waals surface area contributed by atoms with Crippen molar-refractivity contribution >= 4 is 16.7 Å². The molecule has 0 spiro atoms. The zero-order valence-electron chi connectivity index (χ0n) is 21.4. The highest BCUT2D eigenvalue weighted by Crippen LogP contribution is 2.35. The standard InChI is InChI=1S/C30H34N4O2/c1-32-27(23-8-11-29(35-2)30(17-23)36-3)18-26-28(32)16-24(19-31-26)22-6-9-25(10-7-22)34-14-12-33(13-15-34)20-21-4-5-21/h6-11,16-19,21H,4-5,12-15,20H2,1-3H3. The molecule has 0 bridgehead atoms. The zero-order chi connectivity index (χ0) is 24.6. The minimum atomic E-state index is 0.721. The van der Waals surface area contributed by atoms with Crippen LogP contribution in [0, 0.1) is 5.92 Å². The Hall–Kier alpha value is -3.51. The highest BCUT2D eigenvalue weighted by Gasteiger charge is 2.26. The van der Waals surface area contributed by atoms with E-state index in [2.05, 4.69) is 63.9 Å². The average Bonchev–Trinajstić information content (AvgIpc) is 3.69. The number of benzene rings is 2. The predicted octanol–water partition coefficient (Wildman–Crippen LogP) is 5.46. The molecule has 6 rings (SSSR count). The fraction of sp³-hybridized carbons (Fsp3) is 0.367. The summed E-state index contributed by atoms with van der Waals surface area (Å²) in [4.78, 5) is 9.95. The van der Waals surface area contributed by atoms with Crippen molar-refractivity contribution in [1.82, 2.24) is 14.5 Å². The van der Waals surface area contributed by atoms with Crippen molar-refractivity contribution in [2.45, 2.75) is 12.8 Å². The summed E-state index contributed by atoms with van der Waals surface area (Å²) in [6.07, 6.45) is 4.84. The summed E-state index contributed by atoms with van der Waals surface area (Å²) in [7, 11) is 5.41. The molecule has 1 aliphatic carbocycles. The van der Waals surface area contributed by atoms with Gasteiger partial charge in [-0.15, -0.1) is 0 Å². The first-order valence-electron chi connectivity index (χ1n) is 12.9. The molecule has 3 heterocycles. The number of ether oxygens (including phenoxy) is 2. The van der Waals surface area contributed by atoms with Gasteiger partial charge in [-0.1, -0.05) is 12.1 Å². The number of rotatable bonds is 7. The molecule has 2 aromatic heterocycles. The molecule has 2 fully saturated rings. The summed E-state index contributed by atoms with van der Waals surface area (Å²) in [5.41, 5.74) is 7.87. The van der Waals surface area contributed by atoms with E-state index in [1.807, 2.05) is 18.3 Å². The van der Waals surface area contributed by atoms with Crippen molar-refractivity contribution in [1.29, 1.82) is 0 Å². The van der Waals surface area contributed by atoms with Crippen LogP contribution in [0.5, 0.6) is 11.5 Å². The van der Waals surface area contributed by atoms with Crippen LogP contribution in [0.1, 0.15) is 12.8 Å². The molecule has 1 saturated carbocycles. The van der Waals surface area contributed by atoms with Crippen LogP contribution in [0.3, 0.4) is 0 Å². The second-order valence-corrected chi connectivity index (χ2v) is 10.1. The third-order valence-corrected chi connectivity index (χ3v) is 7.72. The number of hydrogen-bond donors (Lipinski definition) is 0. The van der Waals surface area contributed by atoms with Crippen LogP contribution in [0.25, 0.3) is 33.4 Å². The van der Waals surface area contributed by atoms with Gasteiger partial charge in [0.2, 0.25) is 0 Å². The van der Waals surface area contributed by atoms with Gasteiger partial charge in [0.05, 0.1) is 30.9 Å². The summed E-state index contributed by atoms with van der Waals surface area (Å²) >= 11 is 0. The lowest BCUT2D eigenvalue weighted by Gasteiger charge is -2.36. The van der Waals surface area contributed by atoms with Gasteiger partial charge >= 0.3 is 0 Å². The summed E-state index contributed by atoms with van der Waals surface area (Å²) < 4.78 is 13.1. The van der Waals surface area contributed by atoms with E-state index in [0.717, 1.165) is 58.4 Å². The van der Waals surface area contributed by atoms with Gasteiger partial charge in [0.25, 0.3) is 0 Å². The molecule has 2 aromatic carbocycles. The fourth-order valence-corrected chi connectivity index (χ4v) is 5.35. The number of hydrogen-bond acceptors (Lipinski definition) is 5. The topological polar surface area (TPSA) is 42.8 Å². The number of fused-ring (bicyclic) bond motifs is 1. The van der Waals surface area contributed by atoms with Crippen molar-refractivity contribution in [2.24, 2.45) is 13.0 Å². The summed E-state index contributed by atoms with van der Waals surface area (Å²) in [5, 5.41) is 0. The van der Waals surface area contributed by atoms with Crippen LogP contribution < -0.4 is 14.4 Å². The Kier molecular flexibility index (Phi) is 6.05. The van der Waals surface area contributed by atoms with E-state index >= 15 is 0 Å². The van der Waals surface area contributed by atoms with Gasteiger partial charge in [-0.05, 0) is 66.8 Å². The molecule has 0 unspecified atom stereocenters. The Morgan fingerprint density at radius 1 is 0.806 bits per heavy atom. The van der Waals surface area contributed by atoms with E-state index in [4.69, 9.17) is 14.5 Å². The normalized spacial score (nSPS) is 16.5. The highest BCUT2D eigenvalue weighted by molar-refractivity contribution is 5.87. The molecule has 0 radical (unpaired) electrons. The number of anilines is 1. The lowest BCUT2D eigenvalue weighted by atomic mass is 10.1. The van der Waals surface area contributed by atoms with E-state index in [9.17, 15) is 0 Å². The average molecular weight is 483 g/mol. The molecule has 186 valence electrons. The van der Waals surface area contributed by atoms with Crippen LogP contribution in [0.15, 0.2) is 60.8 Å². The SMILES string of the molecule is COc1ccc(-c2cc3ncc(-c4ccc(N5CCN(CC6CC6)CC5)cc4)cc3n2C)cc1OC. The second kappa shape index (κ2) is 9.51. The zero-order valence-corrected chi connectivity index (χ0v) is 21.4. The third kappa shape index (κ3) is 4.42. The van der Waals surface area contributed by atoms with Gasteiger partial charge in [-0.3, -0.25) is 9.88 Å². The summed E-state index contributed by atoms with van der Waals surface area (Å²) in [6, 6.07) is 19.4. The molecule has 1 aliphatic heterocycles. The molecular weight excluding hydrogens is 448 g/mol. The van der Waals surface area contributed by atoms with Gasteiger partial charge in [-0.25, -0.2) is 0 Å². The van der Waals surface area contributed by atoms with E-state index in [1.165, 1.54) is 43.7 Å². The maximum Gasteiger partial charge on any atom is 0.161 e. The van der Waals surface area contributed by atoms with Crippen LogP contribution in [0.4, 0.5) is 5.69 Å². The fourth-order valence-electron chi connectivity index (χ4n) is 5.35. The molecule has 36 heavy (non-hydrogen) atoms. The van der Waals surface area contributed by atoms with Crippen molar-refractivity contribution in [3.05, 3.63) is 60.8 Å². The molecule has 1 saturated heterocycles. The van der Waals surface area contributed by atoms with Gasteiger partial charge in [0, 0.05) is 62.8 Å². The minimum Gasteiger partial charge on any atom is -0.493 e. The largest absolute Gasteiger partial charge is 0.493 e. The first kappa shape index (κ1) is 22.9. The van der Waals surface area contributed by atoms with Crippen molar-refractivity contribution in [2.75, 3.05) is 51.8 Å². The predicted molar refractivity (Wildman–Crippen MR) is 146 cm³/mol. The molecule has 6 nitrogen and oxygen atoms in total. The van der Waals surface area contributed by atoms with Crippen LogP contribution in [-0.4, -0.2) is 61.4 Å². The maximum absolute atomic E-state index is 5.51. The Bertz CT molecular complexity index is 1370. The van der Waals surface area contributed by atoms with Crippen LogP contribution >= 0.6 is 0 Å². The Labute approximate surface area is 213 Å². The van der Waals surface area contributed by atoms with Gasteiger partial charge in [-0.2, -0.15) is 0 Å². The molecule has 6 heteroatoms. The number of pyridine rings is 1. The maximum atomic E-state index is 5.51. The minimum absolute atomic E-state index is 0.721. The van der Waals surface area contributed by atoms with Gasteiger partial charge in [0.1, 0.15) is 0 Å². The first-order chi connectivity index (χ1) is 17.6. The van der Waals surface area contributed by atoms with Crippen molar-refractivity contribution in [3.63, 3.8) is 0 Å². The van der Waals surface area contributed by atoms with Crippen molar-refractivity contribution in [3.8, 4) is 33.9 Å². The van der Waals surface area contributed by atoms with Crippen molar-refractivity contribution < 1.29 is 9.47 Å². The molecule has 0 N–H and O–H groups in total. The molecule has 4 aromatic rings. The molecule has 0 amide bonds. The second-order valence-electron chi connectivity index (χ2n) is 10.1. The quantitative estimate of drug-likeness (QED) is 0.350. The van der Waals surface area contributed by atoms with E-state index < -0.39 is 0 Å².